The van der Waals surface area contributed by atoms with Crippen LogP contribution in [-0.2, 0) is 17.8 Å². The Morgan fingerprint density at radius 1 is 1.35 bits per heavy atom. The molecule has 23 heavy (non-hydrogen) atoms. The van der Waals surface area contributed by atoms with Gasteiger partial charge in [0.1, 0.15) is 17.9 Å². The van der Waals surface area contributed by atoms with Gasteiger partial charge in [0.25, 0.3) is 0 Å². The standard InChI is InChI=1S/C17H24N4O2/c1-4-14(17-18-12-19-21(17)5-2)20-16(22)11-10-13-8-6-7-9-15(13)23-3/h6-9,12,14H,4-5,10-11H2,1-3H3,(H,20,22). The Kier molecular flexibility index (Phi) is 6.14. The number of carbonyl (C=O) groups is 1. The Labute approximate surface area is 136 Å². The van der Waals surface area contributed by atoms with Crippen LogP contribution in [0, 0.1) is 0 Å². The van der Waals surface area contributed by atoms with Crippen molar-refractivity contribution in [3.8, 4) is 5.75 Å². The molecule has 0 spiro atoms. The Morgan fingerprint density at radius 2 is 2.13 bits per heavy atom. The first-order valence-electron chi connectivity index (χ1n) is 7.98. The summed E-state index contributed by atoms with van der Waals surface area (Å²) >= 11 is 0. The van der Waals surface area contributed by atoms with E-state index in [4.69, 9.17) is 4.74 Å². The van der Waals surface area contributed by atoms with E-state index in [0.717, 1.165) is 30.1 Å². The summed E-state index contributed by atoms with van der Waals surface area (Å²) in [5.74, 6) is 1.63. The second kappa shape index (κ2) is 8.31. The molecule has 1 atom stereocenters. The number of amides is 1. The number of ether oxygens (including phenoxy) is 1. The zero-order valence-electron chi connectivity index (χ0n) is 14.0. The van der Waals surface area contributed by atoms with Crippen molar-refractivity contribution in [2.75, 3.05) is 7.11 Å². The van der Waals surface area contributed by atoms with Crippen LogP contribution in [0.4, 0.5) is 0 Å². The van der Waals surface area contributed by atoms with Gasteiger partial charge in [-0.05, 0) is 31.4 Å². The maximum atomic E-state index is 12.3. The van der Waals surface area contributed by atoms with Crippen molar-refractivity contribution in [2.24, 2.45) is 0 Å². The Morgan fingerprint density at radius 3 is 2.83 bits per heavy atom. The van der Waals surface area contributed by atoms with Gasteiger partial charge in [-0.2, -0.15) is 5.10 Å². The summed E-state index contributed by atoms with van der Waals surface area (Å²) in [7, 11) is 1.64. The highest BCUT2D eigenvalue weighted by molar-refractivity contribution is 5.76. The molecule has 0 aliphatic carbocycles. The molecular formula is C17H24N4O2. The minimum absolute atomic E-state index is 0.00779. The number of nitrogens with zero attached hydrogens (tertiary/aromatic N) is 3. The number of carbonyl (C=O) groups excluding carboxylic acids is 1. The highest BCUT2D eigenvalue weighted by atomic mass is 16.5. The fourth-order valence-electron chi connectivity index (χ4n) is 2.56. The highest BCUT2D eigenvalue weighted by Gasteiger charge is 2.18. The van der Waals surface area contributed by atoms with Gasteiger partial charge < -0.3 is 10.1 Å². The minimum Gasteiger partial charge on any atom is -0.496 e. The molecule has 124 valence electrons. The predicted octanol–water partition coefficient (Wildman–Crippen LogP) is 2.51. The molecule has 0 aliphatic rings. The van der Waals surface area contributed by atoms with Crippen LogP contribution in [0.25, 0.3) is 0 Å². The molecule has 1 N–H and O–H groups in total. The van der Waals surface area contributed by atoms with Crippen molar-refractivity contribution in [1.82, 2.24) is 20.1 Å². The molecule has 1 aromatic carbocycles. The lowest BCUT2D eigenvalue weighted by Gasteiger charge is -2.17. The highest BCUT2D eigenvalue weighted by Crippen LogP contribution is 2.19. The zero-order valence-corrected chi connectivity index (χ0v) is 14.0. The van der Waals surface area contributed by atoms with E-state index >= 15 is 0 Å². The van der Waals surface area contributed by atoms with Gasteiger partial charge in [0.2, 0.25) is 5.91 Å². The van der Waals surface area contributed by atoms with Crippen LogP contribution < -0.4 is 10.1 Å². The van der Waals surface area contributed by atoms with Gasteiger partial charge in [0, 0.05) is 13.0 Å². The quantitative estimate of drug-likeness (QED) is 0.812. The summed E-state index contributed by atoms with van der Waals surface area (Å²) in [5.41, 5.74) is 1.04. The van der Waals surface area contributed by atoms with Gasteiger partial charge in [0.15, 0.2) is 0 Å². The molecule has 2 aromatic rings. The van der Waals surface area contributed by atoms with E-state index in [9.17, 15) is 4.79 Å². The van der Waals surface area contributed by atoms with Crippen molar-refractivity contribution in [1.29, 1.82) is 0 Å². The third-order valence-corrected chi connectivity index (χ3v) is 3.81. The molecule has 0 bridgehead atoms. The first-order chi connectivity index (χ1) is 11.2. The second-order valence-corrected chi connectivity index (χ2v) is 5.27. The van der Waals surface area contributed by atoms with Crippen LogP contribution in [0.5, 0.6) is 5.75 Å². The second-order valence-electron chi connectivity index (χ2n) is 5.27. The maximum Gasteiger partial charge on any atom is 0.220 e. The van der Waals surface area contributed by atoms with Crippen LogP contribution >= 0.6 is 0 Å². The fraction of sp³-hybridized carbons (Fsp3) is 0.471. The van der Waals surface area contributed by atoms with Gasteiger partial charge in [-0.3, -0.25) is 4.79 Å². The van der Waals surface area contributed by atoms with Gasteiger partial charge >= 0.3 is 0 Å². The van der Waals surface area contributed by atoms with E-state index < -0.39 is 0 Å². The molecule has 0 radical (unpaired) electrons. The van der Waals surface area contributed by atoms with E-state index in [0.29, 0.717) is 12.8 Å². The van der Waals surface area contributed by atoms with E-state index in [2.05, 4.69) is 15.4 Å². The summed E-state index contributed by atoms with van der Waals surface area (Å²) < 4.78 is 7.13. The van der Waals surface area contributed by atoms with Gasteiger partial charge in [-0.25, -0.2) is 9.67 Å². The molecule has 1 amide bonds. The third-order valence-electron chi connectivity index (χ3n) is 3.81. The zero-order chi connectivity index (χ0) is 16.7. The monoisotopic (exact) mass is 316 g/mol. The van der Waals surface area contributed by atoms with Crippen LogP contribution in [0.15, 0.2) is 30.6 Å². The molecular weight excluding hydrogens is 292 g/mol. The summed E-state index contributed by atoms with van der Waals surface area (Å²) in [6, 6.07) is 7.66. The Balaban J connectivity index is 1.95. The lowest BCUT2D eigenvalue weighted by atomic mass is 10.1. The third kappa shape index (κ3) is 4.31. The lowest BCUT2D eigenvalue weighted by Crippen LogP contribution is -2.30. The van der Waals surface area contributed by atoms with Crippen molar-refractivity contribution < 1.29 is 9.53 Å². The number of nitrogens with one attached hydrogen (secondary N) is 1. The number of benzene rings is 1. The summed E-state index contributed by atoms with van der Waals surface area (Å²) in [5, 5.41) is 7.21. The molecule has 1 heterocycles. The van der Waals surface area contributed by atoms with E-state index in [1.807, 2.05) is 42.8 Å². The average Bonchev–Trinajstić information content (AvgIpc) is 3.06. The van der Waals surface area contributed by atoms with E-state index in [1.54, 1.807) is 7.11 Å². The first kappa shape index (κ1) is 17.0. The number of aromatic nitrogens is 3. The average molecular weight is 316 g/mol. The number of hydrogen-bond acceptors (Lipinski definition) is 4. The van der Waals surface area contributed by atoms with Crippen LogP contribution in [0.1, 0.15) is 44.1 Å². The smallest absolute Gasteiger partial charge is 0.220 e. The Bertz CT molecular complexity index is 639. The first-order valence-corrected chi connectivity index (χ1v) is 7.98. The number of aryl methyl sites for hydroxylation is 2. The van der Waals surface area contributed by atoms with Crippen LogP contribution in [0.3, 0.4) is 0 Å². The number of hydrogen-bond donors (Lipinski definition) is 1. The SMILES string of the molecule is CCC(NC(=O)CCc1ccccc1OC)c1ncnn1CC. The molecule has 6 heteroatoms. The molecule has 1 unspecified atom stereocenters. The van der Waals surface area contributed by atoms with Crippen LogP contribution in [0.2, 0.25) is 0 Å². The normalized spacial score (nSPS) is 12.0. The van der Waals surface area contributed by atoms with Crippen molar-refractivity contribution in [2.45, 2.75) is 45.7 Å². The largest absolute Gasteiger partial charge is 0.496 e. The topological polar surface area (TPSA) is 69.0 Å². The molecule has 0 fully saturated rings. The number of para-hydroxylation sites is 1. The molecule has 1 aromatic heterocycles. The maximum absolute atomic E-state index is 12.3. The fourth-order valence-corrected chi connectivity index (χ4v) is 2.56. The summed E-state index contributed by atoms with van der Waals surface area (Å²) in [4.78, 5) is 16.5. The number of methoxy groups -OCH3 is 1. The van der Waals surface area contributed by atoms with Crippen molar-refractivity contribution in [3.63, 3.8) is 0 Å². The van der Waals surface area contributed by atoms with Gasteiger partial charge in [-0.15, -0.1) is 0 Å². The predicted molar refractivity (Wildman–Crippen MR) is 88.2 cm³/mol. The van der Waals surface area contributed by atoms with Crippen molar-refractivity contribution >= 4 is 5.91 Å². The molecule has 0 saturated carbocycles. The summed E-state index contributed by atoms with van der Waals surface area (Å²) in [6.07, 6.45) is 3.37. The molecule has 2 rings (SSSR count). The van der Waals surface area contributed by atoms with E-state index in [-0.39, 0.29) is 11.9 Å². The molecule has 0 saturated heterocycles. The van der Waals surface area contributed by atoms with E-state index in [1.165, 1.54) is 6.33 Å². The van der Waals surface area contributed by atoms with Crippen LogP contribution in [-0.4, -0.2) is 27.8 Å². The minimum atomic E-state index is -0.109. The summed E-state index contributed by atoms with van der Waals surface area (Å²) in [6.45, 7) is 4.77. The molecule has 6 nitrogen and oxygen atoms in total. The van der Waals surface area contributed by atoms with Crippen molar-refractivity contribution in [3.05, 3.63) is 42.0 Å². The number of rotatable bonds is 8. The Hall–Kier alpha value is -2.37. The van der Waals surface area contributed by atoms with Gasteiger partial charge in [-0.1, -0.05) is 25.1 Å². The molecule has 0 aliphatic heterocycles. The lowest BCUT2D eigenvalue weighted by molar-refractivity contribution is -0.121. The van der Waals surface area contributed by atoms with Gasteiger partial charge in [0.05, 0.1) is 13.2 Å².